The summed E-state index contributed by atoms with van der Waals surface area (Å²) in [5.41, 5.74) is 4.54. The summed E-state index contributed by atoms with van der Waals surface area (Å²) < 4.78 is 5.76. The molecule has 1 N–H and O–H groups in total. The van der Waals surface area contributed by atoms with Gasteiger partial charge in [-0.3, -0.25) is 15.5 Å². The van der Waals surface area contributed by atoms with Crippen LogP contribution in [0, 0.1) is 10.1 Å². The average molecular weight is 369 g/mol. The van der Waals surface area contributed by atoms with Crippen LogP contribution < -0.4 is 10.2 Å². The molecule has 27 heavy (non-hydrogen) atoms. The molecule has 0 aliphatic heterocycles. The minimum atomic E-state index is -0.427. The predicted molar refractivity (Wildman–Crippen MR) is 110 cm³/mol. The third-order valence-electron chi connectivity index (χ3n) is 4.13. The van der Waals surface area contributed by atoms with E-state index in [1.165, 1.54) is 44.2 Å². The minimum absolute atomic E-state index is 0.0566. The maximum Gasteiger partial charge on any atom is 0.269 e. The zero-order chi connectivity index (χ0) is 19.3. The number of ether oxygens (including phenoxy) is 1. The summed E-state index contributed by atoms with van der Waals surface area (Å²) in [5.74, 6) is 0.865. The van der Waals surface area contributed by atoms with Gasteiger partial charge in [0, 0.05) is 12.1 Å². The van der Waals surface area contributed by atoms with Crippen LogP contribution in [0.3, 0.4) is 0 Å². The van der Waals surface area contributed by atoms with Crippen LogP contribution in [-0.2, 0) is 0 Å². The first kappa shape index (κ1) is 20.4. The number of anilines is 1. The van der Waals surface area contributed by atoms with E-state index >= 15 is 0 Å². The summed E-state index contributed by atoms with van der Waals surface area (Å²) in [6.07, 6.45) is 9.20. The Labute approximate surface area is 160 Å². The molecule has 0 fully saturated rings. The molecule has 0 aliphatic rings. The van der Waals surface area contributed by atoms with Crippen molar-refractivity contribution in [1.29, 1.82) is 0 Å². The number of unbranched alkanes of at least 4 members (excludes halogenated alkanes) is 5. The molecule has 0 atom stereocenters. The summed E-state index contributed by atoms with van der Waals surface area (Å²) in [7, 11) is 0. The standard InChI is InChI=1S/C21H27N3O3/c1-2-3-4-5-6-7-16-27-21-14-8-18(9-15-21)17-22-23-19-10-12-20(13-11-19)24(25)26/h8-15,17,23H,2-7,16H2,1H3/b22-17-. The lowest BCUT2D eigenvalue weighted by Crippen LogP contribution is -1.97. The molecule has 0 amide bonds. The van der Waals surface area contributed by atoms with E-state index in [0.717, 1.165) is 24.3 Å². The van der Waals surface area contributed by atoms with Crippen molar-refractivity contribution in [3.05, 3.63) is 64.2 Å². The van der Waals surface area contributed by atoms with Crippen molar-refractivity contribution < 1.29 is 9.66 Å². The molecule has 6 heteroatoms. The van der Waals surface area contributed by atoms with Gasteiger partial charge in [0.25, 0.3) is 5.69 Å². The van der Waals surface area contributed by atoms with Gasteiger partial charge in [0.1, 0.15) is 5.75 Å². The maximum atomic E-state index is 10.6. The van der Waals surface area contributed by atoms with Crippen LogP contribution in [0.2, 0.25) is 0 Å². The number of nitro benzene ring substituents is 1. The van der Waals surface area contributed by atoms with Gasteiger partial charge in [-0.05, 0) is 48.4 Å². The summed E-state index contributed by atoms with van der Waals surface area (Å²) in [4.78, 5) is 10.2. The van der Waals surface area contributed by atoms with Gasteiger partial charge in [0.2, 0.25) is 0 Å². The third kappa shape index (κ3) is 7.90. The summed E-state index contributed by atoms with van der Waals surface area (Å²) >= 11 is 0. The van der Waals surface area contributed by atoms with E-state index in [4.69, 9.17) is 4.74 Å². The van der Waals surface area contributed by atoms with Crippen LogP contribution in [0.1, 0.15) is 51.0 Å². The van der Waals surface area contributed by atoms with Crippen molar-refractivity contribution >= 4 is 17.6 Å². The van der Waals surface area contributed by atoms with Crippen LogP contribution in [0.25, 0.3) is 0 Å². The Morgan fingerprint density at radius 1 is 1.00 bits per heavy atom. The van der Waals surface area contributed by atoms with Gasteiger partial charge in [0.05, 0.1) is 23.4 Å². The molecule has 0 radical (unpaired) electrons. The molecule has 0 saturated heterocycles. The SMILES string of the molecule is CCCCCCCCOc1ccc(/C=N\Nc2ccc([N+](=O)[O-])cc2)cc1. The van der Waals surface area contributed by atoms with E-state index in [0.29, 0.717) is 5.69 Å². The van der Waals surface area contributed by atoms with E-state index in [1.54, 1.807) is 18.3 Å². The molecule has 0 aliphatic carbocycles. The molecule has 2 rings (SSSR count). The highest BCUT2D eigenvalue weighted by Crippen LogP contribution is 2.16. The second-order valence-electron chi connectivity index (χ2n) is 6.36. The molecule has 0 spiro atoms. The lowest BCUT2D eigenvalue weighted by molar-refractivity contribution is -0.384. The summed E-state index contributed by atoms with van der Waals surface area (Å²) in [6, 6.07) is 13.9. The van der Waals surface area contributed by atoms with Crippen LogP contribution in [0.15, 0.2) is 53.6 Å². The molecule has 0 saturated carbocycles. The fourth-order valence-corrected chi connectivity index (χ4v) is 2.56. The molecule has 144 valence electrons. The number of benzene rings is 2. The van der Waals surface area contributed by atoms with E-state index in [1.807, 2.05) is 24.3 Å². The topological polar surface area (TPSA) is 76.8 Å². The molecule has 0 unspecified atom stereocenters. The van der Waals surface area contributed by atoms with Crippen LogP contribution in [0.5, 0.6) is 5.75 Å². The Morgan fingerprint density at radius 2 is 1.67 bits per heavy atom. The fraction of sp³-hybridized carbons (Fsp3) is 0.381. The number of nitrogens with one attached hydrogen (secondary N) is 1. The normalized spacial score (nSPS) is 10.9. The highest BCUT2D eigenvalue weighted by Gasteiger charge is 2.02. The fourth-order valence-electron chi connectivity index (χ4n) is 2.56. The molecule has 0 aromatic heterocycles. The van der Waals surface area contributed by atoms with Crippen molar-refractivity contribution in [1.82, 2.24) is 0 Å². The Hall–Kier alpha value is -2.89. The number of hydrazone groups is 1. The van der Waals surface area contributed by atoms with Gasteiger partial charge in [-0.25, -0.2) is 0 Å². The molecule has 6 nitrogen and oxygen atoms in total. The van der Waals surface area contributed by atoms with Gasteiger partial charge >= 0.3 is 0 Å². The summed E-state index contributed by atoms with van der Waals surface area (Å²) in [6.45, 7) is 2.98. The highest BCUT2D eigenvalue weighted by atomic mass is 16.6. The first-order valence-corrected chi connectivity index (χ1v) is 9.45. The lowest BCUT2D eigenvalue weighted by Gasteiger charge is -2.06. The van der Waals surface area contributed by atoms with Gasteiger partial charge in [-0.1, -0.05) is 39.0 Å². The Morgan fingerprint density at radius 3 is 2.33 bits per heavy atom. The molecule has 0 heterocycles. The van der Waals surface area contributed by atoms with E-state index in [9.17, 15) is 10.1 Å². The number of rotatable bonds is 12. The first-order chi connectivity index (χ1) is 13.2. The number of hydrogen-bond acceptors (Lipinski definition) is 5. The van der Waals surface area contributed by atoms with Crippen molar-refractivity contribution in [3.8, 4) is 5.75 Å². The Balaban J connectivity index is 1.70. The number of hydrogen-bond donors (Lipinski definition) is 1. The number of nitrogens with zero attached hydrogens (tertiary/aromatic N) is 2. The monoisotopic (exact) mass is 369 g/mol. The van der Waals surface area contributed by atoms with Crippen molar-refractivity contribution in [2.45, 2.75) is 45.4 Å². The molecule has 0 bridgehead atoms. The van der Waals surface area contributed by atoms with Crippen molar-refractivity contribution in [2.24, 2.45) is 5.10 Å². The zero-order valence-electron chi connectivity index (χ0n) is 15.8. The maximum absolute atomic E-state index is 10.6. The first-order valence-electron chi connectivity index (χ1n) is 9.45. The van der Waals surface area contributed by atoms with Gasteiger partial charge in [0.15, 0.2) is 0 Å². The molecule has 2 aromatic carbocycles. The van der Waals surface area contributed by atoms with E-state index in [2.05, 4.69) is 17.5 Å². The predicted octanol–water partition coefficient (Wildman–Crippen LogP) is 5.78. The second kappa shape index (κ2) is 11.7. The second-order valence-corrected chi connectivity index (χ2v) is 6.36. The Kier molecular flexibility index (Phi) is 8.83. The average Bonchev–Trinajstić information content (AvgIpc) is 2.69. The summed E-state index contributed by atoms with van der Waals surface area (Å²) in [5, 5.41) is 14.8. The van der Waals surface area contributed by atoms with Crippen LogP contribution >= 0.6 is 0 Å². The van der Waals surface area contributed by atoms with Crippen LogP contribution in [-0.4, -0.2) is 17.7 Å². The zero-order valence-corrected chi connectivity index (χ0v) is 15.8. The van der Waals surface area contributed by atoms with E-state index < -0.39 is 4.92 Å². The van der Waals surface area contributed by atoms with Crippen molar-refractivity contribution in [2.75, 3.05) is 12.0 Å². The minimum Gasteiger partial charge on any atom is -0.494 e. The van der Waals surface area contributed by atoms with Gasteiger partial charge in [-0.15, -0.1) is 0 Å². The molecule has 2 aromatic rings. The molecular weight excluding hydrogens is 342 g/mol. The van der Waals surface area contributed by atoms with Gasteiger partial charge < -0.3 is 4.74 Å². The third-order valence-corrected chi connectivity index (χ3v) is 4.13. The molecular formula is C21H27N3O3. The van der Waals surface area contributed by atoms with Crippen LogP contribution in [0.4, 0.5) is 11.4 Å². The number of nitro groups is 1. The largest absolute Gasteiger partial charge is 0.494 e. The van der Waals surface area contributed by atoms with E-state index in [-0.39, 0.29) is 5.69 Å². The Bertz CT molecular complexity index is 712. The highest BCUT2D eigenvalue weighted by molar-refractivity contribution is 5.80. The number of non-ortho nitro benzene ring substituents is 1. The van der Waals surface area contributed by atoms with Gasteiger partial charge in [-0.2, -0.15) is 5.10 Å². The van der Waals surface area contributed by atoms with Crippen molar-refractivity contribution in [3.63, 3.8) is 0 Å². The lowest BCUT2D eigenvalue weighted by atomic mass is 10.1. The smallest absolute Gasteiger partial charge is 0.269 e. The quantitative estimate of drug-likeness (QED) is 0.223.